The average molecular weight is 279 g/mol. The third-order valence-electron chi connectivity index (χ3n) is 4.18. The van der Waals surface area contributed by atoms with Crippen LogP contribution in [-0.2, 0) is 0 Å². The minimum atomic E-state index is 0.302. The van der Waals surface area contributed by atoms with Gasteiger partial charge in [0.05, 0.1) is 12.3 Å². The molecule has 4 nitrogen and oxygen atoms in total. The van der Waals surface area contributed by atoms with Crippen molar-refractivity contribution in [2.45, 2.75) is 25.8 Å². The molecule has 0 aliphatic carbocycles. The molecule has 1 aromatic rings. The number of hydrogen-bond acceptors (Lipinski definition) is 4. The maximum absolute atomic E-state index is 5.41. The lowest BCUT2D eigenvalue weighted by Gasteiger charge is -2.33. The van der Waals surface area contributed by atoms with E-state index in [1.807, 2.05) is 12.1 Å². The van der Waals surface area contributed by atoms with E-state index in [4.69, 9.17) is 4.42 Å². The first kappa shape index (κ1) is 15.5. The summed E-state index contributed by atoms with van der Waals surface area (Å²) in [6.45, 7) is 8.05. The predicted octanol–water partition coefficient (Wildman–Crippen LogP) is 2.20. The van der Waals surface area contributed by atoms with Gasteiger partial charge in [-0.15, -0.1) is 0 Å². The number of rotatable bonds is 7. The van der Waals surface area contributed by atoms with E-state index in [0.29, 0.717) is 6.04 Å². The topological polar surface area (TPSA) is 31.6 Å². The number of likely N-dealkylation sites (tertiary alicyclic amines) is 1. The van der Waals surface area contributed by atoms with E-state index in [9.17, 15) is 0 Å². The van der Waals surface area contributed by atoms with Crippen LogP contribution < -0.4 is 5.32 Å². The summed E-state index contributed by atoms with van der Waals surface area (Å²) in [7, 11) is 4.35. The highest BCUT2D eigenvalue weighted by Gasteiger charge is 2.19. The van der Waals surface area contributed by atoms with Crippen LogP contribution in [0.15, 0.2) is 22.8 Å². The van der Waals surface area contributed by atoms with E-state index in [1.54, 1.807) is 6.26 Å². The monoisotopic (exact) mass is 279 g/mol. The number of nitrogens with one attached hydrogen (secondary N) is 1. The second-order valence-corrected chi connectivity index (χ2v) is 6.24. The molecule has 0 amide bonds. The van der Waals surface area contributed by atoms with Crippen molar-refractivity contribution in [3.8, 4) is 0 Å². The maximum Gasteiger partial charge on any atom is 0.120 e. The number of hydrogen-bond donors (Lipinski definition) is 1. The highest BCUT2D eigenvalue weighted by molar-refractivity contribution is 5.02. The van der Waals surface area contributed by atoms with E-state index in [1.165, 1.54) is 32.5 Å². The van der Waals surface area contributed by atoms with Crippen molar-refractivity contribution < 1.29 is 4.42 Å². The van der Waals surface area contributed by atoms with Crippen LogP contribution in [0.5, 0.6) is 0 Å². The van der Waals surface area contributed by atoms with Gasteiger partial charge in [0.25, 0.3) is 0 Å². The smallest absolute Gasteiger partial charge is 0.120 e. The predicted molar refractivity (Wildman–Crippen MR) is 82.8 cm³/mol. The summed E-state index contributed by atoms with van der Waals surface area (Å²) in [5.74, 6) is 1.91. The fourth-order valence-electron chi connectivity index (χ4n) is 2.99. The Morgan fingerprint density at radius 2 is 2.15 bits per heavy atom. The summed E-state index contributed by atoms with van der Waals surface area (Å²) in [6.07, 6.45) is 4.42. The number of furan rings is 1. The van der Waals surface area contributed by atoms with Gasteiger partial charge in [-0.05, 0) is 65.0 Å². The Labute approximate surface area is 123 Å². The van der Waals surface area contributed by atoms with Crippen molar-refractivity contribution in [1.82, 2.24) is 15.1 Å². The quantitative estimate of drug-likeness (QED) is 0.829. The first-order valence-corrected chi connectivity index (χ1v) is 7.79. The molecule has 0 radical (unpaired) electrons. The van der Waals surface area contributed by atoms with Gasteiger partial charge in [-0.25, -0.2) is 0 Å². The van der Waals surface area contributed by atoms with Gasteiger partial charge >= 0.3 is 0 Å². The first-order valence-electron chi connectivity index (χ1n) is 7.79. The van der Waals surface area contributed by atoms with Crippen molar-refractivity contribution in [2.75, 3.05) is 46.8 Å². The molecule has 1 aliphatic heterocycles. The standard InChI is InChI=1S/C16H29N3O/c1-14(16-5-4-12-20-16)17-8-11-19-9-6-15(7-10-19)13-18(2)3/h4-5,12,14-15,17H,6-11,13H2,1-3H3. The molecular weight excluding hydrogens is 250 g/mol. The Morgan fingerprint density at radius 1 is 1.40 bits per heavy atom. The Kier molecular flexibility index (Phi) is 6.07. The Balaban J connectivity index is 1.59. The van der Waals surface area contributed by atoms with Gasteiger partial charge in [0.15, 0.2) is 0 Å². The van der Waals surface area contributed by atoms with E-state index in [-0.39, 0.29) is 0 Å². The fraction of sp³-hybridized carbons (Fsp3) is 0.750. The third kappa shape index (κ3) is 4.93. The summed E-state index contributed by atoms with van der Waals surface area (Å²) in [6, 6.07) is 4.28. The highest BCUT2D eigenvalue weighted by Crippen LogP contribution is 2.17. The van der Waals surface area contributed by atoms with Crippen molar-refractivity contribution in [3.63, 3.8) is 0 Å². The van der Waals surface area contributed by atoms with Gasteiger partial charge in [0, 0.05) is 19.6 Å². The van der Waals surface area contributed by atoms with Crippen LogP contribution in [0.25, 0.3) is 0 Å². The normalized spacial score (nSPS) is 19.6. The Hall–Kier alpha value is -0.840. The van der Waals surface area contributed by atoms with Crippen LogP contribution >= 0.6 is 0 Å². The van der Waals surface area contributed by atoms with Crippen LogP contribution in [0.3, 0.4) is 0 Å². The molecule has 20 heavy (non-hydrogen) atoms. The maximum atomic E-state index is 5.41. The molecule has 2 rings (SSSR count). The van der Waals surface area contributed by atoms with Crippen LogP contribution in [0, 0.1) is 5.92 Å². The molecule has 1 saturated heterocycles. The molecule has 4 heteroatoms. The fourth-order valence-corrected chi connectivity index (χ4v) is 2.99. The summed E-state index contributed by atoms with van der Waals surface area (Å²) in [5.41, 5.74) is 0. The van der Waals surface area contributed by atoms with Crippen LogP contribution in [0.2, 0.25) is 0 Å². The zero-order valence-electron chi connectivity index (χ0n) is 13.1. The molecule has 1 aliphatic rings. The van der Waals surface area contributed by atoms with Gasteiger partial charge in [-0.1, -0.05) is 0 Å². The molecule has 1 unspecified atom stereocenters. The lowest BCUT2D eigenvalue weighted by atomic mass is 9.96. The van der Waals surface area contributed by atoms with E-state index >= 15 is 0 Å². The Bertz CT molecular complexity index is 356. The van der Waals surface area contributed by atoms with Gasteiger partial charge in [-0.3, -0.25) is 0 Å². The van der Waals surface area contributed by atoms with Crippen molar-refractivity contribution in [2.24, 2.45) is 5.92 Å². The van der Waals surface area contributed by atoms with Gasteiger partial charge in [0.2, 0.25) is 0 Å². The molecule has 0 aromatic carbocycles. The van der Waals surface area contributed by atoms with Gasteiger partial charge in [-0.2, -0.15) is 0 Å². The lowest BCUT2D eigenvalue weighted by molar-refractivity contribution is 0.162. The van der Waals surface area contributed by atoms with Crippen LogP contribution in [-0.4, -0.2) is 56.6 Å². The molecule has 0 spiro atoms. The second kappa shape index (κ2) is 7.81. The molecule has 1 atom stereocenters. The zero-order chi connectivity index (χ0) is 14.4. The SMILES string of the molecule is CC(NCCN1CCC(CN(C)C)CC1)c1ccco1. The zero-order valence-corrected chi connectivity index (χ0v) is 13.1. The first-order chi connectivity index (χ1) is 9.65. The summed E-state index contributed by atoms with van der Waals surface area (Å²) in [4.78, 5) is 4.89. The number of piperidine rings is 1. The molecule has 1 fully saturated rings. The number of nitrogens with zero attached hydrogens (tertiary/aromatic N) is 2. The average Bonchev–Trinajstić information content (AvgIpc) is 2.94. The van der Waals surface area contributed by atoms with Crippen molar-refractivity contribution in [1.29, 1.82) is 0 Å². The lowest BCUT2D eigenvalue weighted by Crippen LogP contribution is -2.40. The van der Waals surface area contributed by atoms with E-state index in [2.05, 4.69) is 36.1 Å². The van der Waals surface area contributed by atoms with Crippen LogP contribution in [0.1, 0.15) is 31.6 Å². The van der Waals surface area contributed by atoms with Crippen LogP contribution in [0.4, 0.5) is 0 Å². The minimum absolute atomic E-state index is 0.302. The molecule has 1 aromatic heterocycles. The van der Waals surface area contributed by atoms with Gasteiger partial charge in [0.1, 0.15) is 5.76 Å². The molecule has 2 heterocycles. The summed E-state index contributed by atoms with van der Waals surface area (Å²) < 4.78 is 5.41. The second-order valence-electron chi connectivity index (χ2n) is 6.24. The highest BCUT2D eigenvalue weighted by atomic mass is 16.3. The summed E-state index contributed by atoms with van der Waals surface area (Å²) in [5, 5.41) is 3.53. The van der Waals surface area contributed by atoms with Crippen molar-refractivity contribution >= 4 is 0 Å². The summed E-state index contributed by atoms with van der Waals surface area (Å²) >= 11 is 0. The largest absolute Gasteiger partial charge is 0.468 e. The van der Waals surface area contributed by atoms with E-state index < -0.39 is 0 Å². The van der Waals surface area contributed by atoms with Crippen molar-refractivity contribution in [3.05, 3.63) is 24.2 Å². The minimum Gasteiger partial charge on any atom is -0.468 e. The molecule has 114 valence electrons. The molecular formula is C16H29N3O. The van der Waals surface area contributed by atoms with Gasteiger partial charge < -0.3 is 19.5 Å². The molecule has 0 bridgehead atoms. The molecule has 0 saturated carbocycles. The van der Waals surface area contributed by atoms with E-state index in [0.717, 1.165) is 24.8 Å². The third-order valence-corrected chi connectivity index (χ3v) is 4.18. The Morgan fingerprint density at radius 3 is 2.75 bits per heavy atom. The molecule has 1 N–H and O–H groups in total.